The average Bonchev–Trinajstić information content (AvgIpc) is 2.68. The normalized spacial score (nSPS) is 17.0. The van der Waals surface area contributed by atoms with Gasteiger partial charge in [0.15, 0.2) is 0 Å². The predicted molar refractivity (Wildman–Crippen MR) is 101 cm³/mol. The van der Waals surface area contributed by atoms with E-state index in [2.05, 4.69) is 4.72 Å². The molecule has 26 heavy (non-hydrogen) atoms. The Balaban J connectivity index is 1.83. The zero-order valence-corrected chi connectivity index (χ0v) is 16.1. The molecule has 3 rings (SSSR count). The van der Waals surface area contributed by atoms with Gasteiger partial charge in [-0.15, -0.1) is 0 Å². The van der Waals surface area contributed by atoms with Crippen molar-refractivity contribution in [2.24, 2.45) is 0 Å². The van der Waals surface area contributed by atoms with Crippen molar-refractivity contribution in [2.45, 2.75) is 23.2 Å². The number of methoxy groups -OCH3 is 1. The Morgan fingerprint density at radius 2 is 1.85 bits per heavy atom. The molecule has 0 aliphatic carbocycles. The lowest BCUT2D eigenvalue weighted by Gasteiger charge is -2.37. The third-order valence-electron chi connectivity index (χ3n) is 4.87. The van der Waals surface area contributed by atoms with E-state index < -0.39 is 10.0 Å². The second-order valence-corrected chi connectivity index (χ2v) is 8.55. The Morgan fingerprint density at radius 1 is 1.15 bits per heavy atom. The van der Waals surface area contributed by atoms with Gasteiger partial charge >= 0.3 is 0 Å². The van der Waals surface area contributed by atoms with Gasteiger partial charge in [-0.25, -0.2) is 13.1 Å². The maximum absolute atomic E-state index is 12.8. The summed E-state index contributed by atoms with van der Waals surface area (Å²) in [7, 11) is -2.20. The first-order valence-electron chi connectivity index (χ1n) is 8.43. The van der Waals surface area contributed by atoms with Crippen LogP contribution in [-0.4, -0.2) is 35.3 Å². The molecule has 0 atom stereocenters. The van der Waals surface area contributed by atoms with Gasteiger partial charge < -0.3 is 9.47 Å². The van der Waals surface area contributed by atoms with Gasteiger partial charge in [0.1, 0.15) is 5.75 Å². The predicted octanol–water partition coefficient (Wildman–Crippen LogP) is 3.38. The summed E-state index contributed by atoms with van der Waals surface area (Å²) in [5, 5.41) is 0.263. The summed E-state index contributed by atoms with van der Waals surface area (Å²) >= 11 is 6.07. The van der Waals surface area contributed by atoms with Gasteiger partial charge in [0.2, 0.25) is 10.0 Å². The highest BCUT2D eigenvalue weighted by Crippen LogP contribution is 2.35. The molecule has 1 saturated heterocycles. The summed E-state index contributed by atoms with van der Waals surface area (Å²) in [5.74, 6) is 0.441. The summed E-state index contributed by atoms with van der Waals surface area (Å²) in [6.45, 7) is 1.54. The van der Waals surface area contributed by atoms with Crippen molar-refractivity contribution in [3.8, 4) is 5.75 Å². The number of hydrogen-bond acceptors (Lipinski definition) is 4. The average molecular weight is 396 g/mol. The SMILES string of the molecule is COc1ccc(S(=O)(=O)NCC2(c3ccccc3)CCOCC2)cc1Cl. The van der Waals surface area contributed by atoms with Crippen molar-refractivity contribution >= 4 is 21.6 Å². The monoisotopic (exact) mass is 395 g/mol. The molecule has 1 N–H and O–H groups in total. The molecule has 0 amide bonds. The minimum absolute atomic E-state index is 0.124. The minimum Gasteiger partial charge on any atom is -0.495 e. The molecule has 2 aromatic carbocycles. The van der Waals surface area contributed by atoms with Gasteiger partial charge in [0.05, 0.1) is 17.0 Å². The second-order valence-electron chi connectivity index (χ2n) is 6.38. The van der Waals surface area contributed by atoms with E-state index in [0.29, 0.717) is 25.5 Å². The lowest BCUT2D eigenvalue weighted by molar-refractivity contribution is 0.0517. The quantitative estimate of drug-likeness (QED) is 0.814. The van der Waals surface area contributed by atoms with Gasteiger partial charge in [0.25, 0.3) is 0 Å². The number of nitrogens with one attached hydrogen (secondary N) is 1. The fourth-order valence-electron chi connectivity index (χ4n) is 3.25. The van der Waals surface area contributed by atoms with Crippen LogP contribution in [-0.2, 0) is 20.2 Å². The number of benzene rings is 2. The van der Waals surface area contributed by atoms with E-state index in [4.69, 9.17) is 21.1 Å². The highest BCUT2D eigenvalue weighted by Gasteiger charge is 2.35. The topological polar surface area (TPSA) is 64.6 Å². The number of halogens is 1. The standard InChI is InChI=1S/C19H22ClNO4S/c1-24-18-8-7-16(13-17(18)20)26(22,23)21-14-19(9-11-25-12-10-19)15-5-3-2-4-6-15/h2-8,13,21H,9-12,14H2,1H3. The first-order valence-corrected chi connectivity index (χ1v) is 10.3. The molecule has 1 fully saturated rings. The summed E-state index contributed by atoms with van der Waals surface area (Å²) in [6, 6.07) is 14.5. The van der Waals surface area contributed by atoms with Crippen LogP contribution in [0.1, 0.15) is 18.4 Å². The molecule has 1 aliphatic rings. The Hall–Kier alpha value is -1.60. The molecule has 0 saturated carbocycles. The number of hydrogen-bond donors (Lipinski definition) is 1. The highest BCUT2D eigenvalue weighted by molar-refractivity contribution is 7.89. The van der Waals surface area contributed by atoms with Crippen LogP contribution in [0.3, 0.4) is 0 Å². The van der Waals surface area contributed by atoms with Crippen LogP contribution in [0.25, 0.3) is 0 Å². The maximum Gasteiger partial charge on any atom is 0.240 e. The molecule has 7 heteroatoms. The Kier molecular flexibility index (Phi) is 5.87. The van der Waals surface area contributed by atoms with Gasteiger partial charge in [-0.3, -0.25) is 0 Å². The molecule has 1 aliphatic heterocycles. The fourth-order valence-corrected chi connectivity index (χ4v) is 4.73. The minimum atomic E-state index is -3.68. The first-order chi connectivity index (χ1) is 12.5. The van der Waals surface area contributed by atoms with Crippen molar-refractivity contribution in [3.63, 3.8) is 0 Å². The Bertz CT molecular complexity index is 849. The van der Waals surface area contributed by atoms with Crippen molar-refractivity contribution in [3.05, 3.63) is 59.1 Å². The number of ether oxygens (including phenoxy) is 2. The van der Waals surface area contributed by atoms with Crippen LogP contribution in [0.5, 0.6) is 5.75 Å². The molecule has 0 unspecified atom stereocenters. The molecule has 1 heterocycles. The van der Waals surface area contributed by atoms with Crippen molar-refractivity contribution < 1.29 is 17.9 Å². The summed E-state index contributed by atoms with van der Waals surface area (Å²) < 4.78 is 38.9. The van der Waals surface area contributed by atoms with E-state index in [0.717, 1.165) is 18.4 Å². The van der Waals surface area contributed by atoms with Crippen LogP contribution in [0.15, 0.2) is 53.4 Å². The summed E-state index contributed by atoms with van der Waals surface area (Å²) in [6.07, 6.45) is 1.53. The van der Waals surface area contributed by atoms with Crippen LogP contribution in [0.2, 0.25) is 5.02 Å². The van der Waals surface area contributed by atoms with Gasteiger partial charge in [0, 0.05) is 25.2 Å². The number of rotatable bonds is 6. The van der Waals surface area contributed by atoms with E-state index in [1.807, 2.05) is 30.3 Å². The van der Waals surface area contributed by atoms with Crippen LogP contribution < -0.4 is 9.46 Å². The van der Waals surface area contributed by atoms with E-state index in [1.165, 1.54) is 19.2 Å². The van der Waals surface area contributed by atoms with Crippen molar-refractivity contribution in [2.75, 3.05) is 26.9 Å². The fraction of sp³-hybridized carbons (Fsp3) is 0.368. The van der Waals surface area contributed by atoms with Crippen LogP contribution in [0.4, 0.5) is 0 Å². The lowest BCUT2D eigenvalue weighted by Crippen LogP contribution is -2.44. The van der Waals surface area contributed by atoms with Gasteiger partial charge in [-0.05, 0) is 36.6 Å². The van der Waals surface area contributed by atoms with E-state index >= 15 is 0 Å². The van der Waals surface area contributed by atoms with E-state index in [1.54, 1.807) is 6.07 Å². The Labute approximate surface area is 159 Å². The van der Waals surface area contributed by atoms with Gasteiger partial charge in [-0.2, -0.15) is 0 Å². The zero-order chi connectivity index (χ0) is 18.6. The number of sulfonamides is 1. The first kappa shape index (κ1) is 19.2. The van der Waals surface area contributed by atoms with Gasteiger partial charge in [-0.1, -0.05) is 41.9 Å². The molecular formula is C19H22ClNO4S. The molecule has 0 spiro atoms. The Morgan fingerprint density at radius 3 is 2.46 bits per heavy atom. The largest absolute Gasteiger partial charge is 0.495 e. The molecule has 2 aromatic rings. The smallest absolute Gasteiger partial charge is 0.240 e. The third-order valence-corrected chi connectivity index (χ3v) is 6.56. The second kappa shape index (κ2) is 7.96. The molecule has 0 aromatic heterocycles. The zero-order valence-electron chi connectivity index (χ0n) is 14.6. The van der Waals surface area contributed by atoms with Crippen LogP contribution >= 0.6 is 11.6 Å². The molecule has 0 bridgehead atoms. The highest BCUT2D eigenvalue weighted by atomic mass is 35.5. The lowest BCUT2D eigenvalue weighted by atomic mass is 9.74. The maximum atomic E-state index is 12.8. The summed E-state index contributed by atoms with van der Waals surface area (Å²) in [4.78, 5) is 0.124. The van der Waals surface area contributed by atoms with Crippen LogP contribution in [0, 0.1) is 0 Å². The van der Waals surface area contributed by atoms with Crippen molar-refractivity contribution in [1.29, 1.82) is 0 Å². The third kappa shape index (κ3) is 4.04. The summed E-state index contributed by atoms with van der Waals surface area (Å²) in [5.41, 5.74) is 0.849. The van der Waals surface area contributed by atoms with E-state index in [9.17, 15) is 8.42 Å². The van der Waals surface area contributed by atoms with Crippen molar-refractivity contribution in [1.82, 2.24) is 4.72 Å². The molecule has 140 valence electrons. The molecule has 0 radical (unpaired) electrons. The van der Waals surface area contributed by atoms with E-state index in [-0.39, 0.29) is 15.3 Å². The molecule has 5 nitrogen and oxygen atoms in total. The molecular weight excluding hydrogens is 374 g/mol.